The number of halogens is 3. The van der Waals surface area contributed by atoms with Crippen LogP contribution in [0.15, 0.2) is 18.3 Å². The summed E-state index contributed by atoms with van der Waals surface area (Å²) in [5, 5.41) is 8.28. The first-order chi connectivity index (χ1) is 10.3. The van der Waals surface area contributed by atoms with Crippen molar-refractivity contribution in [2.24, 2.45) is 5.73 Å². The minimum absolute atomic E-state index is 0.00579. The molecule has 0 radical (unpaired) electrons. The number of amides is 2. The van der Waals surface area contributed by atoms with Crippen LogP contribution in [0.25, 0.3) is 10.9 Å². The summed E-state index contributed by atoms with van der Waals surface area (Å²) in [5.74, 6) is -1.24. The van der Waals surface area contributed by atoms with Crippen LogP contribution in [0.3, 0.4) is 0 Å². The molecule has 22 heavy (non-hydrogen) atoms. The lowest BCUT2D eigenvalue weighted by molar-refractivity contribution is -0.136. The monoisotopic (exact) mass is 332 g/mol. The molecule has 0 bridgehead atoms. The van der Waals surface area contributed by atoms with Gasteiger partial charge in [0.2, 0.25) is 11.8 Å². The Balaban J connectivity index is 2.18. The minimum Gasteiger partial charge on any atom is -0.369 e. The molecule has 0 unspecified atom stereocenters. The molecule has 0 aliphatic rings. The second-order valence-electron chi connectivity index (χ2n) is 4.36. The van der Waals surface area contributed by atoms with Gasteiger partial charge in [0, 0.05) is 11.1 Å². The van der Waals surface area contributed by atoms with E-state index in [1.807, 2.05) is 0 Å². The number of aromatic nitrogens is 2. The number of nitrogens with two attached hydrogens (primary N) is 1. The van der Waals surface area contributed by atoms with E-state index in [9.17, 15) is 22.8 Å². The molecular weight excluding hydrogens is 321 g/mol. The number of primary amides is 1. The highest BCUT2D eigenvalue weighted by Gasteiger charge is 2.33. The number of nitrogens with one attached hydrogen (secondary N) is 2. The van der Waals surface area contributed by atoms with Crippen molar-refractivity contribution < 1.29 is 22.8 Å². The van der Waals surface area contributed by atoms with Gasteiger partial charge in [-0.25, -0.2) is 0 Å². The lowest BCUT2D eigenvalue weighted by atomic mass is 10.1. The molecule has 0 fully saturated rings. The summed E-state index contributed by atoms with van der Waals surface area (Å²) in [5.41, 5.74) is 4.19. The van der Waals surface area contributed by atoms with E-state index in [1.54, 1.807) is 0 Å². The SMILES string of the molecule is NC(=O)CSCC(=O)Nc1cc(C(F)(F)F)c2cn[nH]c2c1. The van der Waals surface area contributed by atoms with Crippen LogP contribution in [0.1, 0.15) is 5.56 Å². The third kappa shape index (κ3) is 3.91. The molecule has 0 saturated carbocycles. The van der Waals surface area contributed by atoms with Gasteiger partial charge in [0.15, 0.2) is 0 Å². The topological polar surface area (TPSA) is 101 Å². The van der Waals surface area contributed by atoms with Crippen molar-refractivity contribution in [3.63, 3.8) is 0 Å². The largest absolute Gasteiger partial charge is 0.417 e. The highest BCUT2D eigenvalue weighted by Crippen LogP contribution is 2.36. The third-order valence-electron chi connectivity index (χ3n) is 2.63. The maximum atomic E-state index is 13.0. The molecule has 2 rings (SSSR count). The molecule has 2 amide bonds. The van der Waals surface area contributed by atoms with E-state index in [-0.39, 0.29) is 28.1 Å². The van der Waals surface area contributed by atoms with Crippen LogP contribution in [0.2, 0.25) is 0 Å². The van der Waals surface area contributed by atoms with Gasteiger partial charge in [-0.05, 0) is 12.1 Å². The molecule has 118 valence electrons. The van der Waals surface area contributed by atoms with E-state index in [1.165, 1.54) is 6.07 Å². The maximum Gasteiger partial charge on any atom is 0.417 e. The first kappa shape index (κ1) is 16.1. The van der Waals surface area contributed by atoms with Gasteiger partial charge in [-0.15, -0.1) is 11.8 Å². The second kappa shape index (κ2) is 6.26. The van der Waals surface area contributed by atoms with E-state index in [2.05, 4.69) is 15.5 Å². The molecule has 1 aromatic carbocycles. The number of anilines is 1. The molecule has 1 aromatic heterocycles. The molecule has 0 aliphatic heterocycles. The molecule has 0 saturated heterocycles. The molecule has 0 aliphatic carbocycles. The van der Waals surface area contributed by atoms with Crippen LogP contribution in [-0.2, 0) is 15.8 Å². The molecular formula is C12H11F3N4O2S. The van der Waals surface area contributed by atoms with Gasteiger partial charge in [0.05, 0.1) is 28.8 Å². The summed E-state index contributed by atoms with van der Waals surface area (Å²) in [4.78, 5) is 22.2. The van der Waals surface area contributed by atoms with Gasteiger partial charge in [-0.1, -0.05) is 0 Å². The fraction of sp³-hybridized carbons (Fsp3) is 0.250. The quantitative estimate of drug-likeness (QED) is 0.776. The van der Waals surface area contributed by atoms with Crippen molar-refractivity contribution in [2.45, 2.75) is 6.18 Å². The van der Waals surface area contributed by atoms with Gasteiger partial charge in [0.1, 0.15) is 0 Å². The van der Waals surface area contributed by atoms with Gasteiger partial charge in [-0.3, -0.25) is 14.7 Å². The van der Waals surface area contributed by atoms with E-state index in [0.29, 0.717) is 0 Å². The Bertz CT molecular complexity index is 714. The smallest absolute Gasteiger partial charge is 0.369 e. The van der Waals surface area contributed by atoms with Crippen molar-refractivity contribution in [1.29, 1.82) is 0 Å². The Morgan fingerprint density at radius 1 is 1.32 bits per heavy atom. The number of rotatable bonds is 5. The Kier molecular flexibility index (Phi) is 4.59. The highest BCUT2D eigenvalue weighted by atomic mass is 32.2. The van der Waals surface area contributed by atoms with Crippen LogP contribution >= 0.6 is 11.8 Å². The summed E-state index contributed by atoms with van der Waals surface area (Å²) in [7, 11) is 0. The molecule has 4 N–H and O–H groups in total. The summed E-state index contributed by atoms with van der Waals surface area (Å²) in [6.45, 7) is 0. The highest BCUT2D eigenvalue weighted by molar-refractivity contribution is 8.00. The lowest BCUT2D eigenvalue weighted by Gasteiger charge is -2.11. The number of H-pyrrole nitrogens is 1. The molecule has 1 heterocycles. The summed E-state index contributed by atoms with van der Waals surface area (Å²) in [6, 6.07) is 2.20. The van der Waals surface area contributed by atoms with Gasteiger partial charge in [-0.2, -0.15) is 18.3 Å². The number of benzene rings is 1. The Morgan fingerprint density at radius 3 is 2.68 bits per heavy atom. The van der Waals surface area contributed by atoms with Gasteiger partial charge in [0.25, 0.3) is 0 Å². The summed E-state index contributed by atoms with van der Waals surface area (Å²) < 4.78 is 39.0. The zero-order chi connectivity index (χ0) is 16.3. The number of thioether (sulfide) groups is 1. The van der Waals surface area contributed by atoms with Crippen LogP contribution in [0.4, 0.5) is 18.9 Å². The molecule has 6 nitrogen and oxygen atoms in total. The van der Waals surface area contributed by atoms with Gasteiger partial charge < -0.3 is 11.1 Å². The number of carbonyl (C=O) groups excluding carboxylic acids is 2. The number of hydrogen-bond donors (Lipinski definition) is 3. The van der Waals surface area contributed by atoms with E-state index in [0.717, 1.165) is 24.0 Å². The van der Waals surface area contributed by atoms with Crippen LogP contribution in [0.5, 0.6) is 0 Å². The maximum absolute atomic E-state index is 13.0. The van der Waals surface area contributed by atoms with Crippen LogP contribution < -0.4 is 11.1 Å². The zero-order valence-corrected chi connectivity index (χ0v) is 11.8. The van der Waals surface area contributed by atoms with E-state index < -0.39 is 23.6 Å². The standard InChI is InChI=1S/C12H11F3N4O2S/c13-12(14,15)8-1-6(2-9-7(8)3-17-19-9)18-11(21)5-22-4-10(16)20/h1-3H,4-5H2,(H2,16,20)(H,17,19)(H,18,21). The Hall–Kier alpha value is -2.23. The Morgan fingerprint density at radius 2 is 2.05 bits per heavy atom. The average Bonchev–Trinajstić information content (AvgIpc) is 2.84. The third-order valence-corrected chi connectivity index (χ3v) is 3.58. The zero-order valence-electron chi connectivity index (χ0n) is 11.0. The predicted octanol–water partition coefficient (Wildman–Crippen LogP) is 1.74. The first-order valence-electron chi connectivity index (χ1n) is 5.97. The molecule has 10 heteroatoms. The van der Waals surface area contributed by atoms with Crippen LogP contribution in [0, 0.1) is 0 Å². The molecule has 2 aromatic rings. The van der Waals surface area contributed by atoms with Crippen molar-refractivity contribution in [3.05, 3.63) is 23.9 Å². The summed E-state index contributed by atoms with van der Waals surface area (Å²) in [6.07, 6.45) is -3.49. The fourth-order valence-corrected chi connectivity index (χ4v) is 2.36. The van der Waals surface area contributed by atoms with Crippen LogP contribution in [-0.4, -0.2) is 33.5 Å². The minimum atomic E-state index is -4.57. The van der Waals surface area contributed by atoms with Crippen molar-refractivity contribution >= 4 is 40.2 Å². The van der Waals surface area contributed by atoms with Crippen molar-refractivity contribution in [2.75, 3.05) is 16.8 Å². The summed E-state index contributed by atoms with van der Waals surface area (Å²) >= 11 is 0.975. The van der Waals surface area contributed by atoms with Crippen molar-refractivity contribution in [1.82, 2.24) is 10.2 Å². The number of alkyl halides is 3. The molecule has 0 atom stereocenters. The first-order valence-corrected chi connectivity index (χ1v) is 7.13. The second-order valence-corrected chi connectivity index (χ2v) is 5.35. The predicted molar refractivity (Wildman–Crippen MR) is 76.2 cm³/mol. The van der Waals surface area contributed by atoms with Gasteiger partial charge >= 0.3 is 6.18 Å². The number of aromatic amines is 1. The normalized spacial score (nSPS) is 11.6. The molecule has 0 spiro atoms. The number of carbonyl (C=O) groups is 2. The van der Waals surface area contributed by atoms with E-state index >= 15 is 0 Å². The van der Waals surface area contributed by atoms with E-state index in [4.69, 9.17) is 5.73 Å². The average molecular weight is 332 g/mol. The Labute approximate surface area is 126 Å². The number of nitrogens with zero attached hydrogens (tertiary/aromatic N) is 1. The fourth-order valence-electron chi connectivity index (χ4n) is 1.80. The lowest BCUT2D eigenvalue weighted by Crippen LogP contribution is -2.18. The number of fused-ring (bicyclic) bond motifs is 1. The number of hydrogen-bond acceptors (Lipinski definition) is 4. The van der Waals surface area contributed by atoms with Crippen molar-refractivity contribution in [3.8, 4) is 0 Å².